The fourth-order valence-corrected chi connectivity index (χ4v) is 3.03. The SMILES string of the molecule is CC(C)C(NC(=O)C(NCC(=O)NO)C1CCCCC1)C(=O)NO. The summed E-state index contributed by atoms with van der Waals surface area (Å²) in [5.74, 6) is -1.88. The Labute approximate surface area is 141 Å². The van der Waals surface area contributed by atoms with Gasteiger partial charge < -0.3 is 5.32 Å². The Morgan fingerprint density at radius 1 is 1.00 bits per heavy atom. The molecule has 1 saturated carbocycles. The van der Waals surface area contributed by atoms with E-state index in [4.69, 9.17) is 10.4 Å². The van der Waals surface area contributed by atoms with Gasteiger partial charge in [-0.1, -0.05) is 33.1 Å². The quantitative estimate of drug-likeness (QED) is 0.263. The number of hydrogen-bond donors (Lipinski definition) is 6. The Bertz CT molecular complexity index is 438. The third-order valence-corrected chi connectivity index (χ3v) is 4.37. The van der Waals surface area contributed by atoms with Gasteiger partial charge in [-0.15, -0.1) is 0 Å². The van der Waals surface area contributed by atoms with E-state index >= 15 is 0 Å². The Kier molecular flexibility index (Phi) is 8.66. The largest absolute Gasteiger partial charge is 0.343 e. The van der Waals surface area contributed by atoms with Crippen LogP contribution in [0.5, 0.6) is 0 Å². The van der Waals surface area contributed by atoms with E-state index in [0.29, 0.717) is 0 Å². The maximum Gasteiger partial charge on any atom is 0.266 e. The van der Waals surface area contributed by atoms with Crippen molar-refractivity contribution in [2.24, 2.45) is 11.8 Å². The van der Waals surface area contributed by atoms with E-state index in [2.05, 4.69) is 10.6 Å². The molecule has 1 fully saturated rings. The minimum Gasteiger partial charge on any atom is -0.343 e. The van der Waals surface area contributed by atoms with Gasteiger partial charge in [0, 0.05) is 0 Å². The molecule has 0 aromatic rings. The summed E-state index contributed by atoms with van der Waals surface area (Å²) < 4.78 is 0. The first-order valence-corrected chi connectivity index (χ1v) is 8.31. The maximum absolute atomic E-state index is 12.6. The smallest absolute Gasteiger partial charge is 0.266 e. The van der Waals surface area contributed by atoms with Gasteiger partial charge in [0.2, 0.25) is 5.91 Å². The monoisotopic (exact) mass is 344 g/mol. The Balaban J connectivity index is 2.80. The number of rotatable bonds is 8. The average Bonchev–Trinajstić information content (AvgIpc) is 2.59. The van der Waals surface area contributed by atoms with Crippen molar-refractivity contribution in [3.05, 3.63) is 0 Å². The number of carbonyl (C=O) groups is 3. The number of hydrogen-bond acceptors (Lipinski definition) is 6. The zero-order valence-electron chi connectivity index (χ0n) is 14.2. The van der Waals surface area contributed by atoms with Gasteiger partial charge in [0.05, 0.1) is 12.6 Å². The second-order valence-electron chi connectivity index (χ2n) is 6.50. The lowest BCUT2D eigenvalue weighted by atomic mass is 9.83. The predicted molar refractivity (Wildman–Crippen MR) is 85.0 cm³/mol. The topological polar surface area (TPSA) is 140 Å². The van der Waals surface area contributed by atoms with E-state index in [1.165, 1.54) is 5.48 Å². The van der Waals surface area contributed by atoms with E-state index in [-0.39, 0.29) is 18.4 Å². The molecule has 0 spiro atoms. The fourth-order valence-electron chi connectivity index (χ4n) is 3.03. The van der Waals surface area contributed by atoms with Crippen LogP contribution in [-0.2, 0) is 14.4 Å². The van der Waals surface area contributed by atoms with E-state index in [0.717, 1.165) is 32.1 Å². The van der Waals surface area contributed by atoms with E-state index in [1.807, 2.05) is 0 Å². The molecule has 2 atom stereocenters. The molecule has 0 heterocycles. The maximum atomic E-state index is 12.6. The molecule has 9 nitrogen and oxygen atoms in total. The van der Waals surface area contributed by atoms with Crippen molar-refractivity contribution in [3.63, 3.8) is 0 Å². The molecule has 2 unspecified atom stereocenters. The highest BCUT2D eigenvalue weighted by Gasteiger charge is 2.33. The molecule has 9 heteroatoms. The van der Waals surface area contributed by atoms with Crippen molar-refractivity contribution in [2.45, 2.75) is 58.0 Å². The number of hydroxylamine groups is 2. The van der Waals surface area contributed by atoms with Gasteiger partial charge in [-0.05, 0) is 24.7 Å². The minimum atomic E-state index is -0.873. The van der Waals surface area contributed by atoms with E-state index in [1.54, 1.807) is 19.3 Å². The van der Waals surface area contributed by atoms with Crippen molar-refractivity contribution >= 4 is 17.7 Å². The van der Waals surface area contributed by atoms with Gasteiger partial charge in [-0.2, -0.15) is 0 Å². The summed E-state index contributed by atoms with van der Waals surface area (Å²) in [6.45, 7) is 3.30. The van der Waals surface area contributed by atoms with Crippen LogP contribution in [0.25, 0.3) is 0 Å². The molecule has 0 saturated heterocycles. The molecule has 0 radical (unpaired) electrons. The molecule has 1 rings (SSSR count). The second kappa shape index (κ2) is 10.2. The van der Waals surface area contributed by atoms with Crippen molar-refractivity contribution in [2.75, 3.05) is 6.54 Å². The molecule has 3 amide bonds. The highest BCUT2D eigenvalue weighted by atomic mass is 16.5. The first-order valence-electron chi connectivity index (χ1n) is 8.31. The number of amides is 3. The Morgan fingerprint density at radius 3 is 2.12 bits per heavy atom. The summed E-state index contributed by atoms with van der Waals surface area (Å²) in [5, 5.41) is 22.9. The molecular formula is C15H28N4O5. The second-order valence-corrected chi connectivity index (χ2v) is 6.50. The van der Waals surface area contributed by atoms with Gasteiger partial charge in [0.15, 0.2) is 0 Å². The highest BCUT2D eigenvalue weighted by Crippen LogP contribution is 2.26. The summed E-state index contributed by atoms with van der Waals surface area (Å²) in [7, 11) is 0. The van der Waals surface area contributed by atoms with Crippen molar-refractivity contribution < 1.29 is 24.8 Å². The minimum absolute atomic E-state index is 0.0512. The number of nitrogens with one attached hydrogen (secondary N) is 4. The van der Waals surface area contributed by atoms with Crippen molar-refractivity contribution in [1.29, 1.82) is 0 Å². The first kappa shape index (κ1) is 20.3. The average molecular weight is 344 g/mol. The van der Waals surface area contributed by atoms with E-state index < -0.39 is 29.8 Å². The molecule has 6 N–H and O–H groups in total. The van der Waals surface area contributed by atoms with E-state index in [9.17, 15) is 14.4 Å². The van der Waals surface area contributed by atoms with Crippen LogP contribution in [0.2, 0.25) is 0 Å². The van der Waals surface area contributed by atoms with Crippen LogP contribution in [0.4, 0.5) is 0 Å². The molecular weight excluding hydrogens is 316 g/mol. The molecule has 24 heavy (non-hydrogen) atoms. The summed E-state index contributed by atoms with van der Waals surface area (Å²) in [5.41, 5.74) is 3.08. The summed E-state index contributed by atoms with van der Waals surface area (Å²) >= 11 is 0. The van der Waals surface area contributed by atoms with Gasteiger partial charge in [0.25, 0.3) is 11.8 Å². The number of carbonyl (C=O) groups excluding carboxylic acids is 3. The third-order valence-electron chi connectivity index (χ3n) is 4.37. The van der Waals surface area contributed by atoms with Crippen LogP contribution in [-0.4, -0.2) is 46.8 Å². The van der Waals surface area contributed by atoms with Crippen LogP contribution in [0.3, 0.4) is 0 Å². The molecule has 0 aliphatic heterocycles. The predicted octanol–water partition coefficient (Wildman–Crippen LogP) is -0.323. The fraction of sp³-hybridized carbons (Fsp3) is 0.800. The lowest BCUT2D eigenvalue weighted by Crippen LogP contribution is -2.57. The third kappa shape index (κ3) is 6.06. The van der Waals surface area contributed by atoms with Crippen LogP contribution in [0, 0.1) is 11.8 Å². The molecule has 138 valence electrons. The van der Waals surface area contributed by atoms with Gasteiger partial charge in [-0.25, -0.2) is 11.0 Å². The Hall–Kier alpha value is -1.71. The zero-order chi connectivity index (χ0) is 18.1. The molecule has 0 aromatic heterocycles. The molecule has 1 aliphatic carbocycles. The van der Waals surface area contributed by atoms with Crippen LogP contribution < -0.4 is 21.6 Å². The summed E-state index contributed by atoms with van der Waals surface area (Å²) in [6.07, 6.45) is 4.83. The normalized spacial score (nSPS) is 17.9. The summed E-state index contributed by atoms with van der Waals surface area (Å²) in [4.78, 5) is 35.6. The van der Waals surface area contributed by atoms with Gasteiger partial charge in [0.1, 0.15) is 6.04 Å². The van der Waals surface area contributed by atoms with Crippen LogP contribution in [0.1, 0.15) is 46.0 Å². The van der Waals surface area contributed by atoms with Crippen LogP contribution >= 0.6 is 0 Å². The lowest BCUT2D eigenvalue weighted by molar-refractivity contribution is -0.137. The molecule has 0 aromatic carbocycles. The zero-order valence-corrected chi connectivity index (χ0v) is 14.2. The summed E-state index contributed by atoms with van der Waals surface area (Å²) in [6, 6.07) is -1.52. The highest BCUT2D eigenvalue weighted by molar-refractivity contribution is 5.90. The van der Waals surface area contributed by atoms with Crippen molar-refractivity contribution in [3.8, 4) is 0 Å². The molecule has 0 bridgehead atoms. The lowest BCUT2D eigenvalue weighted by Gasteiger charge is -2.31. The van der Waals surface area contributed by atoms with Gasteiger partial charge >= 0.3 is 0 Å². The van der Waals surface area contributed by atoms with Crippen molar-refractivity contribution in [1.82, 2.24) is 21.6 Å². The molecule has 1 aliphatic rings. The van der Waals surface area contributed by atoms with Crippen LogP contribution in [0.15, 0.2) is 0 Å². The Morgan fingerprint density at radius 2 is 1.62 bits per heavy atom. The van der Waals surface area contributed by atoms with Gasteiger partial charge in [-0.3, -0.25) is 30.1 Å². The standard InChI is InChI=1S/C15H28N4O5/c1-9(2)12(15(22)19-24)17-14(21)13(16-8-11(20)18-23)10-6-4-3-5-7-10/h9-10,12-13,16,23-24H,3-8H2,1-2H3,(H,17,21)(H,18,20)(H,19,22). The first-order chi connectivity index (χ1) is 11.4.